The predicted octanol–water partition coefficient (Wildman–Crippen LogP) is 10.6. The van der Waals surface area contributed by atoms with Crippen LogP contribution in [-0.2, 0) is 22.4 Å². The van der Waals surface area contributed by atoms with Gasteiger partial charge in [-0.25, -0.2) is 0 Å². The minimum absolute atomic E-state index is 0.0666. The highest BCUT2D eigenvalue weighted by Crippen LogP contribution is 2.45. The number of aromatic nitrogens is 2. The topological polar surface area (TPSA) is 101 Å². The van der Waals surface area contributed by atoms with Crippen LogP contribution < -0.4 is 21.8 Å². The maximum absolute atomic E-state index is 14.2. The first kappa shape index (κ1) is 37.8. The fraction of sp³-hybridized carbons (Fsp3) is 0.455. The van der Waals surface area contributed by atoms with Crippen LogP contribution in [0.3, 0.4) is 0 Å². The molecular formula is C44H50N4O4S3. The Hall–Kier alpha value is -4.06. The van der Waals surface area contributed by atoms with Crippen molar-refractivity contribution in [2.75, 3.05) is 13.1 Å². The largest absolute Gasteiger partial charge is 0.356 e. The van der Waals surface area contributed by atoms with Gasteiger partial charge in [0, 0.05) is 57.2 Å². The zero-order chi connectivity index (χ0) is 38.1. The van der Waals surface area contributed by atoms with Crippen molar-refractivity contribution in [2.45, 2.75) is 117 Å². The summed E-state index contributed by atoms with van der Waals surface area (Å²) in [6, 6.07) is 12.1. The van der Waals surface area contributed by atoms with Gasteiger partial charge in [-0.2, -0.15) is 0 Å². The first-order chi connectivity index (χ1) is 26.9. The molecule has 0 atom stereocenters. The summed E-state index contributed by atoms with van der Waals surface area (Å²) in [5.41, 5.74) is 3.43. The summed E-state index contributed by atoms with van der Waals surface area (Å²) in [6.07, 6.45) is 16.6. The van der Waals surface area contributed by atoms with Gasteiger partial charge in [0.2, 0.25) is 11.8 Å². The molecule has 2 amide bonds. The summed E-state index contributed by atoms with van der Waals surface area (Å²) >= 11 is 5.02. The van der Waals surface area contributed by atoms with Crippen LogP contribution in [-0.4, -0.2) is 33.7 Å². The fourth-order valence-corrected chi connectivity index (χ4v) is 11.8. The first-order valence-electron chi connectivity index (χ1n) is 20.4. The quantitative estimate of drug-likeness (QED) is 0.0593. The summed E-state index contributed by atoms with van der Waals surface area (Å²) in [5.74, 6) is 0.228. The van der Waals surface area contributed by atoms with Gasteiger partial charge in [0.1, 0.15) is 0 Å². The van der Waals surface area contributed by atoms with Crippen molar-refractivity contribution >= 4 is 108 Å². The van der Waals surface area contributed by atoms with Crippen LogP contribution in [0.2, 0.25) is 0 Å². The van der Waals surface area contributed by atoms with Gasteiger partial charge in [0.05, 0.1) is 40.9 Å². The van der Waals surface area contributed by atoms with E-state index in [9.17, 15) is 19.2 Å². The SMILES string of the molecule is CCCCCCCCC(=O)NCCc1cc2c(cc3c4sc5c6c(ccc(c(=O)n23)c46)c(=O)n2c3cc(CCNC(=O)CCCCCCCC)sc3cc52)s1. The van der Waals surface area contributed by atoms with E-state index < -0.39 is 0 Å². The Labute approximate surface area is 332 Å². The maximum atomic E-state index is 14.2. The van der Waals surface area contributed by atoms with Crippen LogP contribution in [0.5, 0.6) is 0 Å². The summed E-state index contributed by atoms with van der Waals surface area (Å²) in [5, 5.41) is 9.20. The van der Waals surface area contributed by atoms with Crippen LogP contribution in [0, 0.1) is 0 Å². The molecule has 0 saturated carbocycles. The van der Waals surface area contributed by atoms with Crippen LogP contribution in [0.15, 0.2) is 46.0 Å². The number of benzene rings is 1. The second-order valence-corrected chi connectivity index (χ2v) is 18.5. The monoisotopic (exact) mass is 794 g/mol. The highest BCUT2D eigenvalue weighted by atomic mass is 32.1. The summed E-state index contributed by atoms with van der Waals surface area (Å²) in [6.45, 7) is 5.59. The lowest BCUT2D eigenvalue weighted by molar-refractivity contribution is -0.122. The molecule has 0 aliphatic rings. The number of thiophene rings is 3. The molecule has 8 rings (SSSR count). The third-order valence-corrected chi connectivity index (χ3v) is 14.7. The molecule has 1 aromatic carbocycles. The zero-order valence-corrected chi connectivity index (χ0v) is 34.4. The standard InChI is InChI=1S/C44H50N4O4S3/c1-3-5-7-9-11-13-15-37(49)45-21-19-27-23-31-35(53-27)25-33-41-39-29(43(51)47(31)33)17-18-30-40(39)42(55-41)34-26-36-32(48(34)44(30)52)24-28(54-36)20-22-46-38(50)16-14-12-10-8-6-4-2/h17-18,23-26H,3-16,19-22H2,1-2H3,(H,45,49)(H,46,50). The summed E-state index contributed by atoms with van der Waals surface area (Å²) < 4.78 is 7.84. The third-order valence-electron chi connectivity index (χ3n) is 11.2. The van der Waals surface area contributed by atoms with E-state index in [-0.39, 0.29) is 22.9 Å². The van der Waals surface area contributed by atoms with Gasteiger partial charge in [-0.1, -0.05) is 78.1 Å². The Kier molecular flexibility index (Phi) is 11.4. The lowest BCUT2D eigenvalue weighted by Crippen LogP contribution is -2.25. The van der Waals surface area contributed by atoms with Crippen molar-refractivity contribution in [3.05, 3.63) is 66.9 Å². The van der Waals surface area contributed by atoms with Crippen molar-refractivity contribution in [3.63, 3.8) is 0 Å². The third kappa shape index (κ3) is 7.35. The number of hydrogen-bond donors (Lipinski definition) is 2. The Balaban J connectivity index is 1.01. The van der Waals surface area contributed by atoms with E-state index in [2.05, 4.69) is 48.7 Å². The van der Waals surface area contributed by atoms with E-state index in [4.69, 9.17) is 0 Å². The maximum Gasteiger partial charge on any atom is 0.263 e. The molecule has 11 heteroatoms. The molecule has 8 nitrogen and oxygen atoms in total. The number of rotatable bonds is 20. The molecule has 0 saturated heterocycles. The normalized spacial score (nSPS) is 12.3. The summed E-state index contributed by atoms with van der Waals surface area (Å²) in [7, 11) is 0. The van der Waals surface area contributed by atoms with Gasteiger partial charge < -0.3 is 10.6 Å². The number of carbonyl (C=O) groups excluding carboxylic acids is 2. The van der Waals surface area contributed by atoms with E-state index in [1.807, 2.05) is 20.9 Å². The molecule has 2 N–H and O–H groups in total. The average Bonchev–Trinajstić information content (AvgIpc) is 3.99. The van der Waals surface area contributed by atoms with E-state index in [0.717, 1.165) is 99.9 Å². The molecule has 288 valence electrons. The van der Waals surface area contributed by atoms with Crippen LogP contribution in [0.4, 0.5) is 0 Å². The molecule has 0 aliphatic carbocycles. The second kappa shape index (κ2) is 16.6. The van der Waals surface area contributed by atoms with Crippen molar-refractivity contribution < 1.29 is 9.59 Å². The molecule has 0 aliphatic heterocycles. The number of amides is 2. The van der Waals surface area contributed by atoms with Crippen molar-refractivity contribution in [1.29, 1.82) is 0 Å². The highest BCUT2D eigenvalue weighted by Gasteiger charge is 2.25. The lowest BCUT2D eigenvalue weighted by Gasteiger charge is -2.06. The number of pyridine rings is 2. The number of nitrogens with zero attached hydrogens (tertiary/aromatic N) is 2. The minimum Gasteiger partial charge on any atom is -0.356 e. The average molecular weight is 795 g/mol. The van der Waals surface area contributed by atoms with Gasteiger partial charge >= 0.3 is 0 Å². The Bertz CT molecular complexity index is 2560. The first-order valence-corrected chi connectivity index (χ1v) is 22.8. The lowest BCUT2D eigenvalue weighted by atomic mass is 10.0. The predicted molar refractivity (Wildman–Crippen MR) is 234 cm³/mol. The Morgan fingerprint density at radius 3 is 1.40 bits per heavy atom. The molecule has 7 aromatic heterocycles. The van der Waals surface area contributed by atoms with Crippen LogP contribution >= 0.6 is 34.0 Å². The fourth-order valence-electron chi connectivity index (χ4n) is 8.30. The molecule has 0 bridgehead atoms. The second-order valence-electron chi connectivity index (χ2n) is 15.2. The van der Waals surface area contributed by atoms with Crippen LogP contribution in [0.25, 0.3) is 62.4 Å². The van der Waals surface area contributed by atoms with Crippen molar-refractivity contribution in [3.8, 4) is 0 Å². The van der Waals surface area contributed by atoms with Gasteiger partial charge in [0.25, 0.3) is 11.1 Å². The Morgan fingerprint density at radius 2 is 0.964 bits per heavy atom. The van der Waals surface area contributed by atoms with Crippen molar-refractivity contribution in [2.24, 2.45) is 0 Å². The van der Waals surface area contributed by atoms with Gasteiger partial charge in [-0.05, 0) is 62.1 Å². The number of fused-ring (bicyclic) bond motifs is 8. The van der Waals surface area contributed by atoms with Gasteiger partial charge in [0.15, 0.2) is 0 Å². The van der Waals surface area contributed by atoms with Crippen molar-refractivity contribution in [1.82, 2.24) is 19.4 Å². The zero-order valence-electron chi connectivity index (χ0n) is 31.9. The van der Waals surface area contributed by atoms with Gasteiger partial charge in [-0.3, -0.25) is 28.0 Å². The molecule has 8 aromatic rings. The van der Waals surface area contributed by atoms with E-state index in [1.165, 1.54) is 51.4 Å². The van der Waals surface area contributed by atoms with E-state index in [0.29, 0.717) is 36.7 Å². The number of carbonyl (C=O) groups is 2. The van der Waals surface area contributed by atoms with Crippen LogP contribution in [0.1, 0.15) is 113 Å². The minimum atomic E-state index is -0.0666. The number of nitrogens with one attached hydrogen (secondary N) is 2. The molecule has 0 radical (unpaired) electrons. The van der Waals surface area contributed by atoms with E-state index >= 15 is 0 Å². The Morgan fingerprint density at radius 1 is 0.545 bits per heavy atom. The smallest absolute Gasteiger partial charge is 0.263 e. The number of hydrogen-bond acceptors (Lipinski definition) is 7. The van der Waals surface area contributed by atoms with Gasteiger partial charge in [-0.15, -0.1) is 34.0 Å². The number of unbranched alkanes of at least 4 members (excludes halogenated alkanes) is 10. The molecule has 7 heterocycles. The molecule has 55 heavy (non-hydrogen) atoms. The summed E-state index contributed by atoms with van der Waals surface area (Å²) in [4.78, 5) is 55.5. The molecular weight excluding hydrogens is 745 g/mol. The molecule has 0 spiro atoms. The molecule has 0 fully saturated rings. The molecule has 0 unspecified atom stereocenters. The highest BCUT2D eigenvalue weighted by molar-refractivity contribution is 7.28. The van der Waals surface area contributed by atoms with E-state index in [1.54, 1.807) is 34.0 Å².